The fourth-order valence-corrected chi connectivity index (χ4v) is 1.16. The number of nitrogens with zero attached hydrogens (tertiary/aromatic N) is 3. The van der Waals surface area contributed by atoms with Crippen molar-refractivity contribution < 1.29 is 9.90 Å². The number of aryl methyl sites for hydroxylation is 2. The second kappa shape index (κ2) is 4.04. The third-order valence-corrected chi connectivity index (χ3v) is 1.78. The average Bonchev–Trinajstić information content (AvgIpc) is 2.08. The molecule has 0 fully saturated rings. The summed E-state index contributed by atoms with van der Waals surface area (Å²) >= 11 is 0. The van der Waals surface area contributed by atoms with E-state index in [0.29, 0.717) is 5.82 Å². The summed E-state index contributed by atoms with van der Waals surface area (Å²) in [4.78, 5) is 20.4. The summed E-state index contributed by atoms with van der Waals surface area (Å²) in [6.07, 6.45) is 1.66. The third-order valence-electron chi connectivity index (χ3n) is 1.78. The zero-order valence-corrected chi connectivity index (χ0v) is 8.48. The Hall–Kier alpha value is -1.65. The van der Waals surface area contributed by atoms with Crippen LogP contribution in [0.15, 0.2) is 6.20 Å². The molecule has 1 rings (SSSR count). The number of hydrogen-bond donors (Lipinski definition) is 1. The molecular weight excluding hydrogens is 182 g/mol. The fraction of sp³-hybridized carbons (Fsp3) is 0.444. The molecule has 5 heteroatoms. The molecule has 0 amide bonds. The lowest BCUT2D eigenvalue weighted by Crippen LogP contribution is -2.27. The van der Waals surface area contributed by atoms with Gasteiger partial charge in [0.25, 0.3) is 0 Å². The highest BCUT2D eigenvalue weighted by Gasteiger charge is 2.10. The molecule has 0 unspecified atom stereocenters. The van der Waals surface area contributed by atoms with Crippen LogP contribution < -0.4 is 4.90 Å². The van der Waals surface area contributed by atoms with Gasteiger partial charge in [-0.1, -0.05) is 0 Å². The Balaban J connectivity index is 2.93. The van der Waals surface area contributed by atoms with Crippen LogP contribution in [0.3, 0.4) is 0 Å². The van der Waals surface area contributed by atoms with Gasteiger partial charge in [-0.2, -0.15) is 0 Å². The van der Waals surface area contributed by atoms with Gasteiger partial charge in [0.15, 0.2) is 5.82 Å². The van der Waals surface area contributed by atoms with Gasteiger partial charge in [-0.05, 0) is 13.8 Å². The molecule has 0 atom stereocenters. The summed E-state index contributed by atoms with van der Waals surface area (Å²) in [6.45, 7) is 3.56. The zero-order valence-electron chi connectivity index (χ0n) is 8.48. The summed E-state index contributed by atoms with van der Waals surface area (Å²) in [7, 11) is 1.69. The van der Waals surface area contributed by atoms with Crippen LogP contribution in [0.25, 0.3) is 0 Å². The number of carboxylic acids is 1. The van der Waals surface area contributed by atoms with Gasteiger partial charge in [0.05, 0.1) is 11.4 Å². The fourth-order valence-electron chi connectivity index (χ4n) is 1.16. The van der Waals surface area contributed by atoms with Crippen molar-refractivity contribution in [3.63, 3.8) is 0 Å². The molecule has 1 N–H and O–H groups in total. The zero-order chi connectivity index (χ0) is 10.7. The number of carbonyl (C=O) groups is 1. The number of hydrogen-bond acceptors (Lipinski definition) is 4. The summed E-state index contributed by atoms with van der Waals surface area (Å²) < 4.78 is 0. The third kappa shape index (κ3) is 2.42. The molecule has 1 aromatic rings. The van der Waals surface area contributed by atoms with E-state index in [-0.39, 0.29) is 6.54 Å². The van der Waals surface area contributed by atoms with E-state index in [1.165, 1.54) is 0 Å². The van der Waals surface area contributed by atoms with Crippen molar-refractivity contribution in [3.05, 3.63) is 17.6 Å². The highest BCUT2D eigenvalue weighted by molar-refractivity contribution is 5.73. The van der Waals surface area contributed by atoms with Gasteiger partial charge in [-0.3, -0.25) is 9.78 Å². The standard InChI is InChI=1S/C9H13N3O2/c1-6-4-10-7(2)9(11-6)12(3)5-8(13)14/h4H,5H2,1-3H3,(H,13,14). The van der Waals surface area contributed by atoms with Gasteiger partial charge in [-0.15, -0.1) is 0 Å². The number of likely N-dealkylation sites (N-methyl/N-ethyl adjacent to an activating group) is 1. The lowest BCUT2D eigenvalue weighted by Gasteiger charge is -2.17. The Morgan fingerprint density at radius 2 is 2.21 bits per heavy atom. The lowest BCUT2D eigenvalue weighted by molar-refractivity contribution is -0.135. The molecule has 0 spiro atoms. The van der Waals surface area contributed by atoms with Gasteiger partial charge in [-0.25, -0.2) is 4.98 Å². The Morgan fingerprint density at radius 1 is 1.57 bits per heavy atom. The van der Waals surface area contributed by atoms with Crippen molar-refractivity contribution >= 4 is 11.8 Å². The molecule has 0 saturated heterocycles. The predicted octanol–water partition coefficient (Wildman–Crippen LogP) is 0.614. The largest absolute Gasteiger partial charge is 0.480 e. The molecule has 0 saturated carbocycles. The first-order valence-corrected chi connectivity index (χ1v) is 4.24. The SMILES string of the molecule is Cc1cnc(C)c(N(C)CC(=O)O)n1. The van der Waals surface area contributed by atoms with Crippen LogP contribution in [-0.4, -0.2) is 34.6 Å². The second-order valence-corrected chi connectivity index (χ2v) is 3.17. The van der Waals surface area contributed by atoms with Crippen LogP contribution in [0.4, 0.5) is 5.82 Å². The molecular formula is C9H13N3O2. The van der Waals surface area contributed by atoms with Crippen molar-refractivity contribution in [3.8, 4) is 0 Å². The van der Waals surface area contributed by atoms with Crippen molar-refractivity contribution in [2.75, 3.05) is 18.5 Å². The maximum atomic E-state index is 10.5. The van der Waals surface area contributed by atoms with Crippen molar-refractivity contribution in [2.45, 2.75) is 13.8 Å². The first-order chi connectivity index (χ1) is 6.50. The normalized spacial score (nSPS) is 9.93. The Morgan fingerprint density at radius 3 is 2.79 bits per heavy atom. The summed E-state index contributed by atoms with van der Waals surface area (Å²) in [5.74, 6) is -0.261. The summed E-state index contributed by atoms with van der Waals surface area (Å²) in [5, 5.41) is 8.62. The summed E-state index contributed by atoms with van der Waals surface area (Å²) in [5.41, 5.74) is 1.52. The van der Waals surface area contributed by atoms with E-state index in [2.05, 4.69) is 9.97 Å². The van der Waals surface area contributed by atoms with Crippen LogP contribution >= 0.6 is 0 Å². The smallest absolute Gasteiger partial charge is 0.323 e. The van der Waals surface area contributed by atoms with Crippen LogP contribution in [0.1, 0.15) is 11.4 Å². The minimum atomic E-state index is -0.879. The average molecular weight is 195 g/mol. The van der Waals surface area contributed by atoms with Gasteiger partial charge < -0.3 is 10.0 Å². The Kier molecular flexibility index (Phi) is 3.01. The molecule has 0 bridgehead atoms. The van der Waals surface area contributed by atoms with E-state index < -0.39 is 5.97 Å². The van der Waals surface area contributed by atoms with Gasteiger partial charge in [0.1, 0.15) is 6.54 Å². The first-order valence-electron chi connectivity index (χ1n) is 4.24. The van der Waals surface area contributed by atoms with E-state index in [9.17, 15) is 4.79 Å². The summed E-state index contributed by atoms with van der Waals surface area (Å²) in [6, 6.07) is 0. The Labute approximate surface area is 82.4 Å². The minimum absolute atomic E-state index is 0.0705. The molecule has 5 nitrogen and oxygen atoms in total. The number of rotatable bonds is 3. The minimum Gasteiger partial charge on any atom is -0.480 e. The number of aromatic nitrogens is 2. The molecule has 76 valence electrons. The lowest BCUT2D eigenvalue weighted by atomic mass is 10.4. The van der Waals surface area contributed by atoms with E-state index in [1.807, 2.05) is 6.92 Å². The molecule has 14 heavy (non-hydrogen) atoms. The molecule has 0 aromatic carbocycles. The Bertz CT molecular complexity index is 352. The van der Waals surface area contributed by atoms with Gasteiger partial charge in [0.2, 0.25) is 0 Å². The van der Waals surface area contributed by atoms with Crippen LogP contribution in [-0.2, 0) is 4.79 Å². The monoisotopic (exact) mass is 195 g/mol. The quantitative estimate of drug-likeness (QED) is 0.765. The van der Waals surface area contributed by atoms with Crippen LogP contribution in [0.2, 0.25) is 0 Å². The maximum Gasteiger partial charge on any atom is 0.323 e. The van der Waals surface area contributed by atoms with E-state index in [0.717, 1.165) is 11.4 Å². The van der Waals surface area contributed by atoms with E-state index in [4.69, 9.17) is 5.11 Å². The predicted molar refractivity (Wildman–Crippen MR) is 52.4 cm³/mol. The van der Waals surface area contributed by atoms with Crippen LogP contribution in [0.5, 0.6) is 0 Å². The molecule has 1 heterocycles. The molecule has 0 aliphatic rings. The van der Waals surface area contributed by atoms with E-state index >= 15 is 0 Å². The maximum absolute atomic E-state index is 10.5. The van der Waals surface area contributed by atoms with Gasteiger partial charge >= 0.3 is 5.97 Å². The number of carboxylic acid groups (broad SMARTS) is 1. The van der Waals surface area contributed by atoms with Crippen molar-refractivity contribution in [1.82, 2.24) is 9.97 Å². The molecule has 0 radical (unpaired) electrons. The highest BCUT2D eigenvalue weighted by Crippen LogP contribution is 2.12. The molecule has 1 aromatic heterocycles. The van der Waals surface area contributed by atoms with Crippen molar-refractivity contribution in [1.29, 1.82) is 0 Å². The highest BCUT2D eigenvalue weighted by atomic mass is 16.4. The topological polar surface area (TPSA) is 66.3 Å². The van der Waals surface area contributed by atoms with E-state index in [1.54, 1.807) is 25.1 Å². The molecule has 0 aliphatic heterocycles. The first kappa shape index (κ1) is 10.4. The molecule has 0 aliphatic carbocycles. The van der Waals surface area contributed by atoms with Gasteiger partial charge in [0, 0.05) is 13.2 Å². The second-order valence-electron chi connectivity index (χ2n) is 3.17. The van der Waals surface area contributed by atoms with Crippen LogP contribution in [0, 0.1) is 13.8 Å². The number of aliphatic carboxylic acids is 1. The number of anilines is 1. The van der Waals surface area contributed by atoms with Crippen molar-refractivity contribution in [2.24, 2.45) is 0 Å².